The maximum Gasteiger partial charge on any atom is 0.261 e. The van der Waals surface area contributed by atoms with E-state index in [0.717, 1.165) is 6.07 Å². The van der Waals surface area contributed by atoms with E-state index in [1.165, 1.54) is 48.8 Å². The number of fused-ring (bicyclic) bond motifs is 1. The lowest BCUT2D eigenvalue weighted by Crippen LogP contribution is -2.24. The van der Waals surface area contributed by atoms with Crippen LogP contribution in [-0.4, -0.2) is 43.4 Å². The lowest BCUT2D eigenvalue weighted by atomic mass is 10.0. The smallest absolute Gasteiger partial charge is 0.261 e. The van der Waals surface area contributed by atoms with Gasteiger partial charge in [-0.1, -0.05) is 12.1 Å². The van der Waals surface area contributed by atoms with Crippen LogP contribution in [0.4, 0.5) is 20.3 Å². The number of aromatic amines is 1. The molecule has 1 atom stereocenters. The normalized spacial score (nSPS) is 11.8. The second-order valence-electron chi connectivity index (χ2n) is 9.12. The fourth-order valence-corrected chi connectivity index (χ4v) is 4.07. The Morgan fingerprint density at radius 2 is 1.90 bits per heavy atom. The predicted molar refractivity (Wildman–Crippen MR) is 146 cm³/mol. The van der Waals surface area contributed by atoms with Crippen molar-refractivity contribution in [3.05, 3.63) is 94.5 Å². The van der Waals surface area contributed by atoms with Crippen molar-refractivity contribution in [3.8, 4) is 22.6 Å². The van der Waals surface area contributed by atoms with Gasteiger partial charge in [-0.3, -0.25) is 14.7 Å². The minimum absolute atomic E-state index is 0.103. The van der Waals surface area contributed by atoms with E-state index in [1.807, 2.05) is 0 Å². The number of nitrogens with one attached hydrogen (secondary N) is 3. The van der Waals surface area contributed by atoms with Crippen LogP contribution in [0.25, 0.3) is 22.2 Å². The van der Waals surface area contributed by atoms with E-state index in [2.05, 4.69) is 25.8 Å². The van der Waals surface area contributed by atoms with Gasteiger partial charge in [-0.2, -0.15) is 5.10 Å². The van der Waals surface area contributed by atoms with Crippen LogP contribution in [0.15, 0.2) is 71.9 Å². The first-order chi connectivity index (χ1) is 19.2. The Bertz CT molecular complexity index is 1770. The summed E-state index contributed by atoms with van der Waals surface area (Å²) in [6.45, 7) is 1.63. The molecule has 204 valence electrons. The molecule has 3 heterocycles. The Balaban J connectivity index is 1.38. The van der Waals surface area contributed by atoms with E-state index in [0.29, 0.717) is 22.4 Å². The molecule has 4 N–H and O–H groups in total. The van der Waals surface area contributed by atoms with Gasteiger partial charge in [0, 0.05) is 55.1 Å². The maximum atomic E-state index is 15.1. The van der Waals surface area contributed by atoms with Gasteiger partial charge >= 0.3 is 0 Å². The zero-order valence-corrected chi connectivity index (χ0v) is 21.4. The number of H-pyrrole nitrogens is 1. The number of aliphatic hydroxyl groups is 1. The van der Waals surface area contributed by atoms with Gasteiger partial charge in [0.2, 0.25) is 5.43 Å². The molecule has 10 nitrogen and oxygen atoms in total. The number of carbonyl (C=O) groups is 1. The minimum atomic E-state index is -0.766. The first-order valence-corrected chi connectivity index (χ1v) is 12.2. The number of rotatable bonds is 8. The Labute approximate surface area is 226 Å². The molecule has 0 aliphatic carbocycles. The predicted octanol–water partition coefficient (Wildman–Crippen LogP) is 4.44. The molecule has 40 heavy (non-hydrogen) atoms. The summed E-state index contributed by atoms with van der Waals surface area (Å²) in [6, 6.07) is 10.5. The highest BCUT2D eigenvalue weighted by Gasteiger charge is 2.19. The highest BCUT2D eigenvalue weighted by Crippen LogP contribution is 2.34. The number of halogens is 2. The van der Waals surface area contributed by atoms with Crippen molar-refractivity contribution in [1.82, 2.24) is 19.7 Å². The number of hydrogen-bond donors (Lipinski definition) is 4. The number of ether oxygens (including phenoxy) is 1. The fraction of sp³-hybridized carbons (Fsp3) is 0.143. The van der Waals surface area contributed by atoms with Crippen LogP contribution in [-0.2, 0) is 7.05 Å². The van der Waals surface area contributed by atoms with Crippen molar-refractivity contribution in [3.63, 3.8) is 0 Å². The third-order valence-corrected chi connectivity index (χ3v) is 6.04. The zero-order valence-electron chi connectivity index (χ0n) is 21.4. The molecule has 12 heteroatoms. The van der Waals surface area contributed by atoms with Crippen molar-refractivity contribution in [2.24, 2.45) is 7.05 Å². The van der Waals surface area contributed by atoms with Crippen LogP contribution in [0.2, 0.25) is 0 Å². The Morgan fingerprint density at radius 3 is 2.62 bits per heavy atom. The van der Waals surface area contributed by atoms with Gasteiger partial charge in [0.15, 0.2) is 23.0 Å². The second kappa shape index (κ2) is 10.9. The lowest BCUT2D eigenvalue weighted by molar-refractivity contribution is 0.102. The molecular weight excluding hydrogens is 522 g/mol. The van der Waals surface area contributed by atoms with Gasteiger partial charge in [0.25, 0.3) is 5.91 Å². The van der Waals surface area contributed by atoms with Crippen LogP contribution in [0.3, 0.4) is 0 Å². The van der Waals surface area contributed by atoms with Crippen molar-refractivity contribution in [1.29, 1.82) is 0 Å². The summed E-state index contributed by atoms with van der Waals surface area (Å²) in [5, 5.41) is 22.3. The van der Waals surface area contributed by atoms with Crippen LogP contribution in [0.1, 0.15) is 17.3 Å². The minimum Gasteiger partial charge on any atom is -0.453 e. The number of carbonyl (C=O) groups excluding carboxylic acids is 1. The van der Waals surface area contributed by atoms with Crippen LogP contribution in [0, 0.1) is 11.6 Å². The summed E-state index contributed by atoms with van der Waals surface area (Å²) < 4.78 is 35.8. The molecule has 5 rings (SSSR count). The van der Waals surface area contributed by atoms with E-state index in [4.69, 9.17) is 4.74 Å². The molecule has 0 aliphatic heterocycles. The number of aryl methyl sites for hydroxylation is 1. The fourth-order valence-electron chi connectivity index (χ4n) is 4.07. The first-order valence-electron chi connectivity index (χ1n) is 12.2. The van der Waals surface area contributed by atoms with Gasteiger partial charge in [-0.05, 0) is 36.8 Å². The van der Waals surface area contributed by atoms with Gasteiger partial charge in [0.05, 0.1) is 6.61 Å². The molecular formula is C28H24F2N6O4. The molecule has 2 aromatic carbocycles. The molecule has 0 fully saturated rings. The molecule has 0 saturated carbocycles. The van der Waals surface area contributed by atoms with Gasteiger partial charge < -0.3 is 25.0 Å². The maximum absolute atomic E-state index is 15.1. The van der Waals surface area contributed by atoms with Gasteiger partial charge in [0.1, 0.15) is 22.5 Å². The number of pyridine rings is 2. The molecule has 1 amide bonds. The van der Waals surface area contributed by atoms with Crippen LogP contribution < -0.4 is 20.8 Å². The van der Waals surface area contributed by atoms with Crippen LogP contribution >= 0.6 is 0 Å². The molecule has 0 bridgehead atoms. The average Bonchev–Trinajstić information content (AvgIpc) is 3.35. The SMILES string of the molecule is CC(CO)Nc1n[nH]c2nccc(Oc3ccc(NC(=O)c4cn(C)cc(-c5ccc(F)cc5)c4=O)cc3F)c12. The lowest BCUT2D eigenvalue weighted by Gasteiger charge is -2.13. The number of aromatic nitrogens is 4. The van der Waals surface area contributed by atoms with Gasteiger partial charge in [-0.25, -0.2) is 13.8 Å². The average molecular weight is 547 g/mol. The molecule has 1 unspecified atom stereocenters. The Kier molecular flexibility index (Phi) is 7.25. The standard InChI is InChI=1S/C28H24F2N6O4/c1-15(14-37)32-27-24-23(9-10-31-26(24)34-35-27)40-22-8-7-18(11-21(22)30)33-28(39)20-13-36(2)12-19(25(20)38)16-3-5-17(29)6-4-16/h3-13,15,37H,14H2,1-2H3,(H,33,39)(H2,31,32,34,35). The summed E-state index contributed by atoms with van der Waals surface area (Å²) in [6.07, 6.45) is 4.38. The zero-order chi connectivity index (χ0) is 28.4. The van der Waals surface area contributed by atoms with Crippen molar-refractivity contribution < 1.29 is 23.4 Å². The third-order valence-electron chi connectivity index (χ3n) is 6.04. The van der Waals surface area contributed by atoms with E-state index < -0.39 is 23.0 Å². The Morgan fingerprint density at radius 1 is 1.12 bits per heavy atom. The molecule has 0 spiro atoms. The summed E-state index contributed by atoms with van der Waals surface area (Å²) in [4.78, 5) is 30.3. The summed E-state index contributed by atoms with van der Waals surface area (Å²) in [7, 11) is 1.65. The van der Waals surface area contributed by atoms with Crippen molar-refractivity contribution in [2.45, 2.75) is 13.0 Å². The van der Waals surface area contributed by atoms with E-state index in [-0.39, 0.29) is 41.0 Å². The highest BCUT2D eigenvalue weighted by atomic mass is 19.1. The monoisotopic (exact) mass is 546 g/mol. The van der Waals surface area contributed by atoms with Crippen molar-refractivity contribution >= 4 is 28.4 Å². The third kappa shape index (κ3) is 5.38. The Hall–Kier alpha value is -5.10. The van der Waals surface area contributed by atoms with Crippen LogP contribution in [0.5, 0.6) is 11.5 Å². The molecule has 0 aliphatic rings. The highest BCUT2D eigenvalue weighted by molar-refractivity contribution is 6.04. The van der Waals surface area contributed by atoms with E-state index in [9.17, 15) is 19.1 Å². The second-order valence-corrected chi connectivity index (χ2v) is 9.12. The van der Waals surface area contributed by atoms with Gasteiger partial charge in [-0.15, -0.1) is 0 Å². The molecule has 3 aromatic heterocycles. The number of amides is 1. The molecule has 5 aromatic rings. The first kappa shape index (κ1) is 26.5. The summed E-state index contributed by atoms with van der Waals surface area (Å²) in [5.74, 6) is -1.42. The number of hydrogen-bond acceptors (Lipinski definition) is 7. The van der Waals surface area contributed by atoms with E-state index in [1.54, 1.807) is 30.8 Å². The van der Waals surface area contributed by atoms with E-state index >= 15 is 4.39 Å². The number of aliphatic hydroxyl groups excluding tert-OH is 1. The summed E-state index contributed by atoms with van der Waals surface area (Å²) in [5.41, 5.74) is 0.461. The molecule has 0 radical (unpaired) electrons. The largest absolute Gasteiger partial charge is 0.453 e. The number of nitrogens with zero attached hydrogens (tertiary/aromatic N) is 3. The number of benzene rings is 2. The number of anilines is 2. The summed E-state index contributed by atoms with van der Waals surface area (Å²) >= 11 is 0. The quantitative estimate of drug-likeness (QED) is 0.226. The van der Waals surface area contributed by atoms with Crippen molar-refractivity contribution in [2.75, 3.05) is 17.2 Å². The topological polar surface area (TPSA) is 134 Å². The molecule has 0 saturated heterocycles.